The fraction of sp³-hybridized carbons (Fsp3) is 0.326. The Bertz CT molecular complexity index is 2060. The average Bonchev–Trinajstić information content (AvgIpc) is 3.72. The zero-order valence-corrected chi connectivity index (χ0v) is 32.9. The van der Waals surface area contributed by atoms with Gasteiger partial charge in [0, 0.05) is 54.4 Å². The van der Waals surface area contributed by atoms with E-state index in [-0.39, 0.29) is 6.04 Å². The van der Waals surface area contributed by atoms with Crippen molar-refractivity contribution in [2.45, 2.75) is 59.4 Å². The fourth-order valence-corrected chi connectivity index (χ4v) is 8.62. The van der Waals surface area contributed by atoms with Gasteiger partial charge in [0.05, 0.1) is 5.71 Å². The molecule has 9 rings (SSSR count). The number of ether oxygens (including phenoxy) is 1. The van der Waals surface area contributed by atoms with Crippen LogP contribution < -0.4 is 9.64 Å². The third-order valence-corrected chi connectivity index (χ3v) is 11.8. The number of aryl methyl sites for hydroxylation is 4. The van der Waals surface area contributed by atoms with E-state index in [9.17, 15) is 0 Å². The number of fused-ring (bicyclic) bond motifs is 4. The van der Waals surface area contributed by atoms with Gasteiger partial charge in [0.1, 0.15) is 29.2 Å². The lowest BCUT2D eigenvalue weighted by Gasteiger charge is -2.36. The van der Waals surface area contributed by atoms with Crippen molar-refractivity contribution >= 4 is 22.7 Å². The van der Waals surface area contributed by atoms with Gasteiger partial charge >= 0.3 is 0 Å². The lowest BCUT2D eigenvalue weighted by Crippen LogP contribution is -2.47. The van der Waals surface area contributed by atoms with Gasteiger partial charge in [-0.05, 0) is 94.3 Å². The summed E-state index contributed by atoms with van der Waals surface area (Å²) < 4.78 is 8.08. The third-order valence-electron chi connectivity index (χ3n) is 10.6. The summed E-state index contributed by atoms with van der Waals surface area (Å²) >= 11 is 1.80. The first-order chi connectivity index (χ1) is 26.5. The summed E-state index contributed by atoms with van der Waals surface area (Å²) in [7, 11) is 0. The van der Waals surface area contributed by atoms with E-state index in [4.69, 9.17) is 9.73 Å². The van der Waals surface area contributed by atoms with Crippen molar-refractivity contribution in [3.63, 3.8) is 0 Å². The summed E-state index contributed by atoms with van der Waals surface area (Å²) in [6, 6.07) is 39.8. The maximum Gasteiger partial charge on any atom is 0.162 e. The minimum Gasteiger partial charge on any atom is -0.492 e. The summed E-state index contributed by atoms with van der Waals surface area (Å²) in [5, 5.41) is 10.0. The van der Waals surface area contributed by atoms with Gasteiger partial charge in [-0.3, -0.25) is 14.5 Å². The van der Waals surface area contributed by atoms with Crippen molar-refractivity contribution in [1.29, 1.82) is 0 Å². The van der Waals surface area contributed by atoms with E-state index in [1.54, 1.807) is 22.5 Å². The van der Waals surface area contributed by atoms with Crippen LogP contribution in [0.25, 0.3) is 5.00 Å². The van der Waals surface area contributed by atoms with Crippen LogP contribution in [0.15, 0.2) is 120 Å². The molecule has 4 heterocycles. The molecule has 1 aliphatic carbocycles. The second-order valence-corrected chi connectivity index (χ2v) is 15.4. The van der Waals surface area contributed by atoms with Crippen LogP contribution >= 0.6 is 11.3 Å². The van der Waals surface area contributed by atoms with Gasteiger partial charge in [-0.15, -0.1) is 21.5 Å². The maximum absolute atomic E-state index is 5.89. The normalized spacial score (nSPS) is 16.3. The molecule has 2 aliphatic heterocycles. The molecule has 1 fully saturated rings. The summed E-state index contributed by atoms with van der Waals surface area (Å²) in [4.78, 5) is 11.5. The molecule has 0 saturated carbocycles. The number of hydrogen-bond acceptors (Lipinski definition) is 7. The molecule has 3 aliphatic rings. The topological polar surface area (TPSA) is 58.8 Å². The number of benzene rings is 4. The van der Waals surface area contributed by atoms with Crippen molar-refractivity contribution in [2.24, 2.45) is 4.99 Å². The van der Waals surface area contributed by atoms with Crippen LogP contribution in [0.1, 0.15) is 70.2 Å². The summed E-state index contributed by atoms with van der Waals surface area (Å²) in [5.41, 5.74) is 9.11. The van der Waals surface area contributed by atoms with Crippen LogP contribution in [-0.2, 0) is 12.8 Å². The van der Waals surface area contributed by atoms with Gasteiger partial charge in [-0.25, -0.2) is 0 Å². The van der Waals surface area contributed by atoms with E-state index < -0.39 is 0 Å². The van der Waals surface area contributed by atoms with Gasteiger partial charge in [0.25, 0.3) is 0 Å². The minimum atomic E-state index is -0.0656. The Hall–Kier alpha value is -5.05. The van der Waals surface area contributed by atoms with Crippen LogP contribution in [0, 0.1) is 20.8 Å². The number of hydrogen-bond donors (Lipinski definition) is 0. The smallest absolute Gasteiger partial charge is 0.162 e. The molecule has 0 N–H and O–H groups in total. The van der Waals surface area contributed by atoms with Gasteiger partial charge in [0.2, 0.25) is 0 Å². The molecule has 54 heavy (non-hydrogen) atoms. The Balaban J connectivity index is 0.000000230. The van der Waals surface area contributed by atoms with E-state index in [1.165, 1.54) is 52.4 Å². The molecule has 1 saturated heterocycles. The summed E-state index contributed by atoms with van der Waals surface area (Å²) in [5.74, 6) is 2.76. The molecule has 0 amide bonds. The molecule has 6 aromatic rings. The largest absolute Gasteiger partial charge is 0.492 e. The molecule has 4 aromatic carbocycles. The van der Waals surface area contributed by atoms with Crippen molar-refractivity contribution in [3.05, 3.63) is 160 Å². The third kappa shape index (κ3) is 8.83. The molecule has 0 unspecified atom stereocenters. The molecular weight excluding hydrogens is 685 g/mol. The Morgan fingerprint density at radius 1 is 0.704 bits per heavy atom. The minimum absolute atomic E-state index is 0.0656. The second-order valence-electron chi connectivity index (χ2n) is 14.2. The molecule has 2 aromatic heterocycles. The maximum atomic E-state index is 5.89. The monoisotopic (exact) mass is 736 g/mol. The molecule has 0 radical (unpaired) electrons. The van der Waals surface area contributed by atoms with Crippen molar-refractivity contribution in [1.82, 2.24) is 19.7 Å². The Morgan fingerprint density at radius 2 is 1.30 bits per heavy atom. The number of aliphatic imine (C=N–C) groups is 1. The Labute approximate surface area is 325 Å². The van der Waals surface area contributed by atoms with Crippen LogP contribution in [0.2, 0.25) is 0 Å². The molecule has 7 nitrogen and oxygen atoms in total. The Morgan fingerprint density at radius 3 is 1.93 bits per heavy atom. The summed E-state index contributed by atoms with van der Waals surface area (Å²) in [6.45, 7) is 14.3. The number of piperazine rings is 1. The molecule has 8 heteroatoms. The van der Waals surface area contributed by atoms with E-state index in [1.807, 2.05) is 73.7 Å². The predicted molar refractivity (Wildman–Crippen MR) is 224 cm³/mol. The highest BCUT2D eigenvalue weighted by Crippen LogP contribution is 2.38. The van der Waals surface area contributed by atoms with Crippen LogP contribution in [0.3, 0.4) is 0 Å². The van der Waals surface area contributed by atoms with Gasteiger partial charge in [0.15, 0.2) is 5.82 Å². The van der Waals surface area contributed by atoms with Crippen molar-refractivity contribution in [3.8, 4) is 10.8 Å². The van der Waals surface area contributed by atoms with Gasteiger partial charge < -0.3 is 9.64 Å². The first kappa shape index (κ1) is 37.3. The number of para-hydroxylation sites is 1. The summed E-state index contributed by atoms with van der Waals surface area (Å²) in [6.07, 6.45) is 5.38. The van der Waals surface area contributed by atoms with E-state index in [0.717, 1.165) is 68.0 Å². The van der Waals surface area contributed by atoms with Gasteiger partial charge in [-0.1, -0.05) is 91.0 Å². The zero-order valence-electron chi connectivity index (χ0n) is 32.1. The average molecular weight is 737 g/mol. The first-order valence-corrected chi connectivity index (χ1v) is 20.2. The molecule has 1 atom stereocenters. The lowest BCUT2D eigenvalue weighted by atomic mass is 9.92. The molecule has 0 spiro atoms. The first-order valence-electron chi connectivity index (χ1n) is 19.4. The van der Waals surface area contributed by atoms with Crippen LogP contribution in [0.5, 0.6) is 5.75 Å². The van der Waals surface area contributed by atoms with Gasteiger partial charge in [-0.2, -0.15) is 0 Å². The van der Waals surface area contributed by atoms with Crippen molar-refractivity contribution in [2.75, 3.05) is 44.2 Å². The fourth-order valence-electron chi connectivity index (χ4n) is 7.41. The number of aromatic nitrogens is 3. The molecule has 0 bridgehead atoms. The predicted octanol–water partition coefficient (Wildman–Crippen LogP) is 9.62. The number of rotatable bonds is 6. The highest BCUT2D eigenvalue weighted by atomic mass is 32.1. The SMILES string of the molecule is Cc1sc2c(c1C)C(c1ccc(N3CCN(CCOc4ccccc4)CC3)cc1)=N[C@@H](C)c1nnc(C)n1-2.c1ccc2c(c1)CCCC2.c1ccccc1. The van der Waals surface area contributed by atoms with Crippen molar-refractivity contribution < 1.29 is 4.74 Å². The zero-order chi connectivity index (χ0) is 37.3. The lowest BCUT2D eigenvalue weighted by molar-refractivity contribution is 0.200. The number of thiophene rings is 1. The molecule has 278 valence electrons. The number of nitrogens with zero attached hydrogens (tertiary/aromatic N) is 6. The quantitative estimate of drug-likeness (QED) is 0.171. The highest BCUT2D eigenvalue weighted by Gasteiger charge is 2.29. The highest BCUT2D eigenvalue weighted by molar-refractivity contribution is 7.15. The second kappa shape index (κ2) is 17.9. The van der Waals surface area contributed by atoms with E-state index >= 15 is 0 Å². The Kier molecular flexibility index (Phi) is 12.3. The number of anilines is 1. The molecular formula is C46H52N6OS. The van der Waals surface area contributed by atoms with E-state index in [0.29, 0.717) is 0 Å². The van der Waals surface area contributed by atoms with Crippen LogP contribution in [-0.4, -0.2) is 64.7 Å². The standard InChI is InChI=1S/C30H34N6OS.C10H12.C6H6/c1-20-22(3)38-30-27(20)28(31-21(2)29-33-32-23(4)36(29)30)24-10-12-25(13-11-24)35-16-14-34(15-17-35)18-19-37-26-8-6-5-7-9-26;1-2-6-10-8-4-3-7-9(10)5-1;1-2-4-6-5-3-1/h5-13,21H,14-19H2,1-4H3;1-2,5-6H,3-4,7-8H2;1-6H/t21-;;/m0../s1. The van der Waals surface area contributed by atoms with E-state index in [2.05, 4.69) is 93.9 Å². The van der Waals surface area contributed by atoms with Crippen LogP contribution in [0.4, 0.5) is 5.69 Å².